The number of nitrogens with one attached hydrogen (secondary N) is 1. The van der Waals surface area contributed by atoms with Crippen LogP contribution in [-0.4, -0.2) is 22.4 Å². The molecule has 0 radical (unpaired) electrons. The molecule has 30 heavy (non-hydrogen) atoms. The fourth-order valence-corrected chi connectivity index (χ4v) is 3.87. The van der Waals surface area contributed by atoms with E-state index >= 15 is 0 Å². The van der Waals surface area contributed by atoms with Crippen molar-refractivity contribution in [1.29, 1.82) is 0 Å². The van der Waals surface area contributed by atoms with Crippen LogP contribution in [0.5, 0.6) is 0 Å². The van der Waals surface area contributed by atoms with Gasteiger partial charge in [-0.3, -0.25) is 9.79 Å². The van der Waals surface area contributed by atoms with Crippen LogP contribution in [0.25, 0.3) is 0 Å². The van der Waals surface area contributed by atoms with Crippen LogP contribution in [-0.2, 0) is 4.79 Å². The molecule has 3 aromatic carbocycles. The summed E-state index contributed by atoms with van der Waals surface area (Å²) in [5, 5.41) is 3.60. The first kappa shape index (κ1) is 20.0. The van der Waals surface area contributed by atoms with Crippen molar-refractivity contribution in [2.45, 2.75) is 13.3 Å². The zero-order chi connectivity index (χ0) is 20.9. The Morgan fingerprint density at radius 2 is 1.70 bits per heavy atom. The lowest BCUT2D eigenvalue weighted by molar-refractivity contribution is -0.113. The highest BCUT2D eigenvalue weighted by atomic mass is 32.2. The van der Waals surface area contributed by atoms with E-state index in [1.54, 1.807) is 6.07 Å². The third-order valence-electron chi connectivity index (χ3n) is 4.65. The second-order valence-corrected chi connectivity index (χ2v) is 7.94. The van der Waals surface area contributed by atoms with Crippen molar-refractivity contribution < 1.29 is 9.18 Å². The monoisotopic (exact) mass is 417 g/mol. The van der Waals surface area contributed by atoms with E-state index in [4.69, 9.17) is 9.98 Å². The summed E-state index contributed by atoms with van der Waals surface area (Å²) in [6, 6.07) is 22.0. The van der Waals surface area contributed by atoms with Crippen molar-refractivity contribution in [3.63, 3.8) is 0 Å². The Balaban J connectivity index is 1.52. The van der Waals surface area contributed by atoms with E-state index in [0.29, 0.717) is 12.1 Å². The van der Waals surface area contributed by atoms with Gasteiger partial charge in [-0.25, -0.2) is 9.38 Å². The SMILES string of the molecule is Cc1ccc(F)cc1NC(=O)CSC1=Nc2ccccc2N=C(c2ccccc2)C1. The summed E-state index contributed by atoms with van der Waals surface area (Å²) < 4.78 is 13.5. The van der Waals surface area contributed by atoms with Crippen molar-refractivity contribution in [3.05, 3.63) is 89.7 Å². The number of benzene rings is 3. The van der Waals surface area contributed by atoms with Gasteiger partial charge in [0.15, 0.2) is 0 Å². The molecule has 1 aliphatic rings. The zero-order valence-corrected chi connectivity index (χ0v) is 17.2. The van der Waals surface area contributed by atoms with Crippen LogP contribution < -0.4 is 5.32 Å². The second kappa shape index (κ2) is 9.05. The summed E-state index contributed by atoms with van der Waals surface area (Å²) in [5.41, 5.74) is 4.84. The highest BCUT2D eigenvalue weighted by Gasteiger charge is 2.16. The third-order valence-corrected chi connectivity index (χ3v) is 5.63. The molecule has 1 aliphatic heterocycles. The first-order valence-corrected chi connectivity index (χ1v) is 10.6. The molecule has 4 rings (SSSR count). The number of hydrogen-bond donors (Lipinski definition) is 1. The molecule has 0 unspecified atom stereocenters. The van der Waals surface area contributed by atoms with Crippen molar-refractivity contribution in [2.24, 2.45) is 9.98 Å². The molecule has 0 saturated heterocycles. The lowest BCUT2D eigenvalue weighted by Crippen LogP contribution is -2.17. The fourth-order valence-electron chi connectivity index (χ4n) is 3.10. The molecule has 6 heteroatoms. The first-order valence-electron chi connectivity index (χ1n) is 9.57. The number of fused-ring (bicyclic) bond motifs is 1. The lowest BCUT2D eigenvalue weighted by atomic mass is 10.1. The van der Waals surface area contributed by atoms with Gasteiger partial charge in [-0.05, 0) is 42.3 Å². The molecule has 0 aliphatic carbocycles. The third kappa shape index (κ3) is 4.83. The molecule has 0 fully saturated rings. The molecule has 1 amide bonds. The molecular formula is C24H20FN3OS. The molecule has 0 saturated carbocycles. The average molecular weight is 418 g/mol. The molecule has 0 aromatic heterocycles. The number of para-hydroxylation sites is 2. The minimum Gasteiger partial charge on any atom is -0.325 e. The standard InChI is InChI=1S/C24H20FN3OS/c1-16-11-12-18(25)13-21(16)27-23(29)15-30-24-14-22(17-7-3-2-4-8-17)26-19-9-5-6-10-20(19)28-24/h2-13H,14-15H2,1H3,(H,27,29). The zero-order valence-electron chi connectivity index (χ0n) is 16.4. The predicted molar refractivity (Wildman–Crippen MR) is 123 cm³/mol. The average Bonchev–Trinajstić information content (AvgIpc) is 2.95. The maximum atomic E-state index is 13.5. The Hall–Kier alpha value is -3.25. The molecule has 4 nitrogen and oxygen atoms in total. The van der Waals surface area contributed by atoms with Gasteiger partial charge in [-0.15, -0.1) is 11.8 Å². The summed E-state index contributed by atoms with van der Waals surface area (Å²) in [6.45, 7) is 1.83. The van der Waals surface area contributed by atoms with E-state index in [1.807, 2.05) is 61.5 Å². The smallest absolute Gasteiger partial charge is 0.234 e. The van der Waals surface area contributed by atoms with Crippen LogP contribution in [0.1, 0.15) is 17.5 Å². The number of aliphatic imine (C=N–C) groups is 2. The number of carbonyl (C=O) groups is 1. The Morgan fingerprint density at radius 3 is 2.47 bits per heavy atom. The van der Waals surface area contributed by atoms with Crippen LogP contribution in [0, 0.1) is 12.7 Å². The van der Waals surface area contributed by atoms with Gasteiger partial charge in [0.1, 0.15) is 5.82 Å². The summed E-state index contributed by atoms with van der Waals surface area (Å²) >= 11 is 1.37. The highest BCUT2D eigenvalue weighted by Crippen LogP contribution is 2.33. The molecule has 150 valence electrons. The summed E-state index contributed by atoms with van der Waals surface area (Å²) in [4.78, 5) is 22.0. The largest absolute Gasteiger partial charge is 0.325 e. The number of amides is 1. The maximum absolute atomic E-state index is 13.5. The molecule has 0 bridgehead atoms. The Labute approximate surface area is 179 Å². The van der Waals surface area contributed by atoms with Gasteiger partial charge in [0.2, 0.25) is 5.91 Å². The number of carbonyl (C=O) groups excluding carboxylic acids is 1. The fraction of sp³-hybridized carbons (Fsp3) is 0.125. The summed E-state index contributed by atoms with van der Waals surface area (Å²) in [5.74, 6) is -0.400. The highest BCUT2D eigenvalue weighted by molar-refractivity contribution is 8.14. The molecular weight excluding hydrogens is 397 g/mol. The number of anilines is 1. The van der Waals surface area contributed by atoms with Crippen molar-refractivity contribution in [3.8, 4) is 0 Å². The minimum atomic E-state index is -0.378. The normalized spacial score (nSPS) is 13.0. The van der Waals surface area contributed by atoms with Gasteiger partial charge in [-0.2, -0.15) is 0 Å². The lowest BCUT2D eigenvalue weighted by Gasteiger charge is -2.10. The van der Waals surface area contributed by atoms with Crippen LogP contribution >= 0.6 is 11.8 Å². The number of aryl methyl sites for hydroxylation is 1. The molecule has 1 heterocycles. The van der Waals surface area contributed by atoms with Gasteiger partial charge in [0.05, 0.1) is 27.9 Å². The van der Waals surface area contributed by atoms with Crippen LogP contribution in [0.3, 0.4) is 0 Å². The van der Waals surface area contributed by atoms with Gasteiger partial charge >= 0.3 is 0 Å². The van der Waals surface area contributed by atoms with E-state index in [0.717, 1.165) is 33.3 Å². The van der Waals surface area contributed by atoms with Crippen molar-refractivity contribution in [2.75, 3.05) is 11.1 Å². The number of hydrogen-bond acceptors (Lipinski definition) is 4. The van der Waals surface area contributed by atoms with Gasteiger partial charge in [-0.1, -0.05) is 48.5 Å². The second-order valence-electron chi connectivity index (χ2n) is 6.89. The van der Waals surface area contributed by atoms with E-state index < -0.39 is 0 Å². The summed E-state index contributed by atoms with van der Waals surface area (Å²) in [6.07, 6.45) is 0.537. The number of nitrogens with zero attached hydrogens (tertiary/aromatic N) is 2. The Morgan fingerprint density at radius 1 is 1.00 bits per heavy atom. The van der Waals surface area contributed by atoms with Crippen LogP contribution in [0.2, 0.25) is 0 Å². The van der Waals surface area contributed by atoms with E-state index in [9.17, 15) is 9.18 Å². The minimum absolute atomic E-state index is 0.180. The van der Waals surface area contributed by atoms with E-state index in [2.05, 4.69) is 5.32 Å². The Kier molecular flexibility index (Phi) is 6.05. The molecule has 3 aromatic rings. The summed E-state index contributed by atoms with van der Waals surface area (Å²) in [7, 11) is 0. The number of halogens is 1. The molecule has 0 spiro atoms. The van der Waals surface area contributed by atoms with E-state index in [-0.39, 0.29) is 17.5 Å². The van der Waals surface area contributed by atoms with Crippen molar-refractivity contribution >= 4 is 45.5 Å². The quantitative estimate of drug-likeness (QED) is 0.561. The molecule has 0 atom stereocenters. The topological polar surface area (TPSA) is 53.8 Å². The Bertz CT molecular complexity index is 1140. The van der Waals surface area contributed by atoms with Gasteiger partial charge in [0.25, 0.3) is 0 Å². The van der Waals surface area contributed by atoms with Crippen molar-refractivity contribution in [1.82, 2.24) is 0 Å². The first-order chi connectivity index (χ1) is 14.6. The van der Waals surface area contributed by atoms with Gasteiger partial charge in [0, 0.05) is 12.1 Å². The van der Waals surface area contributed by atoms with Crippen LogP contribution in [0.15, 0.2) is 82.8 Å². The maximum Gasteiger partial charge on any atom is 0.234 e. The van der Waals surface area contributed by atoms with E-state index in [1.165, 1.54) is 23.9 Å². The predicted octanol–water partition coefficient (Wildman–Crippen LogP) is 6.06. The number of thioether (sulfide) groups is 1. The van der Waals surface area contributed by atoms with Crippen LogP contribution in [0.4, 0.5) is 21.5 Å². The van der Waals surface area contributed by atoms with Gasteiger partial charge < -0.3 is 5.32 Å². The number of rotatable bonds is 4. The molecule has 1 N–H and O–H groups in total.